The summed E-state index contributed by atoms with van der Waals surface area (Å²) in [4.78, 5) is 40.5. The number of ether oxygens (including phenoxy) is 6. The lowest BCUT2D eigenvalue weighted by Crippen LogP contribution is -2.64. The molecule has 286 valence electrons. The van der Waals surface area contributed by atoms with Crippen molar-refractivity contribution in [2.24, 2.45) is 23.7 Å². The third kappa shape index (κ3) is 9.59. The van der Waals surface area contributed by atoms with Crippen molar-refractivity contribution in [3.05, 3.63) is 12.2 Å². The van der Waals surface area contributed by atoms with Gasteiger partial charge in [0.1, 0.15) is 30.2 Å². The van der Waals surface area contributed by atoms with Crippen molar-refractivity contribution < 1.29 is 58.1 Å². The van der Waals surface area contributed by atoms with E-state index in [2.05, 4.69) is 0 Å². The Morgan fingerprint density at radius 3 is 2.28 bits per heavy atom. The second kappa shape index (κ2) is 17.3. The minimum absolute atomic E-state index is 0.0100. The number of esters is 1. The monoisotopic (exact) mass is 711 g/mol. The minimum atomic E-state index is -1.23. The maximum Gasteiger partial charge on any atom is 0.308 e. The normalized spacial score (nSPS) is 47.3. The predicted molar refractivity (Wildman–Crippen MR) is 182 cm³/mol. The zero-order valence-corrected chi connectivity index (χ0v) is 31.2. The fraction of sp³-hybridized carbons (Fsp3) is 0.865. The van der Waals surface area contributed by atoms with Gasteiger partial charge in [-0.15, -0.1) is 0 Å². The van der Waals surface area contributed by atoms with Crippen molar-refractivity contribution in [1.29, 1.82) is 0 Å². The van der Waals surface area contributed by atoms with Crippen molar-refractivity contribution in [1.82, 2.24) is 4.90 Å². The highest BCUT2D eigenvalue weighted by atomic mass is 16.7. The number of aliphatic hydroxyl groups is 3. The first-order valence-electron chi connectivity index (χ1n) is 18.4. The second-order valence-electron chi connectivity index (χ2n) is 15.5. The molecule has 0 bridgehead atoms. The number of aldehydes is 1. The van der Waals surface area contributed by atoms with Crippen molar-refractivity contribution in [3.63, 3.8) is 0 Å². The molecule has 0 amide bonds. The van der Waals surface area contributed by atoms with E-state index in [0.717, 1.165) is 6.29 Å². The fourth-order valence-corrected chi connectivity index (χ4v) is 7.96. The Balaban J connectivity index is 1.61. The maximum absolute atomic E-state index is 13.4. The Kier molecular flexibility index (Phi) is 14.2. The number of fused-ring (bicyclic) bond motifs is 1. The fourth-order valence-electron chi connectivity index (χ4n) is 7.96. The standard InChI is InChI=1S/C37H61NO12/c1-10-28-21(4)35-37(7,50-35)15-13-25(40)19(2)17-24(14-16-39)33(20(3)27(42)18-29(43)47-28)49-36-32(44)31(38(8)9)34(23(6)46-36)48-30-12-11-26(41)22(5)45-30/h13,15-16,19-24,26-28,30-36,41-42,44H,10-12,14,17-18H2,1-9H3/b15-13+/t19?,20?,21?,22-,23?,24?,26+,27?,28?,30+,31?,32?,33?,34?,35?,36?,37?/m0/s1. The lowest BCUT2D eigenvalue weighted by molar-refractivity contribution is -0.332. The van der Waals surface area contributed by atoms with Crippen LogP contribution in [0.1, 0.15) is 87.0 Å². The van der Waals surface area contributed by atoms with E-state index in [9.17, 15) is 29.7 Å². The van der Waals surface area contributed by atoms with Gasteiger partial charge in [-0.1, -0.05) is 27.7 Å². The van der Waals surface area contributed by atoms with E-state index >= 15 is 0 Å². The molecule has 13 heteroatoms. The van der Waals surface area contributed by atoms with Crippen LogP contribution in [-0.2, 0) is 42.8 Å². The number of hydrogen-bond donors (Lipinski definition) is 3. The molecule has 4 heterocycles. The zero-order valence-electron chi connectivity index (χ0n) is 31.2. The Labute approximate surface area is 296 Å². The summed E-state index contributed by atoms with van der Waals surface area (Å²) in [6.07, 6.45) is -2.51. The summed E-state index contributed by atoms with van der Waals surface area (Å²) in [6, 6.07) is -0.603. The van der Waals surface area contributed by atoms with Gasteiger partial charge < -0.3 is 53.4 Å². The third-order valence-electron chi connectivity index (χ3n) is 11.3. The molecule has 0 radical (unpaired) electrons. The van der Waals surface area contributed by atoms with Crippen LogP contribution in [0.15, 0.2) is 12.2 Å². The Bertz CT molecular complexity index is 1180. The Morgan fingerprint density at radius 2 is 1.66 bits per heavy atom. The smallest absolute Gasteiger partial charge is 0.308 e. The van der Waals surface area contributed by atoms with Crippen molar-refractivity contribution >= 4 is 18.0 Å². The maximum atomic E-state index is 13.4. The van der Waals surface area contributed by atoms with E-state index in [4.69, 9.17) is 28.4 Å². The number of hydrogen-bond acceptors (Lipinski definition) is 13. The molecule has 3 fully saturated rings. The second-order valence-corrected chi connectivity index (χ2v) is 15.5. The molecule has 0 aromatic carbocycles. The number of carbonyl (C=O) groups is 3. The van der Waals surface area contributed by atoms with Crippen molar-refractivity contribution in [2.45, 2.75) is 166 Å². The molecule has 0 aromatic rings. The lowest BCUT2D eigenvalue weighted by Gasteiger charge is -2.49. The Hall–Kier alpha value is -1.81. The molecule has 4 aliphatic heterocycles. The van der Waals surface area contributed by atoms with Crippen LogP contribution in [0.2, 0.25) is 0 Å². The van der Waals surface area contributed by atoms with E-state index in [1.165, 1.54) is 6.08 Å². The minimum Gasteiger partial charge on any atom is -0.462 e. The van der Waals surface area contributed by atoms with Gasteiger partial charge in [-0.2, -0.15) is 0 Å². The van der Waals surface area contributed by atoms with E-state index < -0.39 is 96.8 Å². The number of nitrogens with zero attached hydrogens (tertiary/aromatic N) is 1. The van der Waals surface area contributed by atoms with Crippen LogP contribution in [-0.4, -0.2) is 132 Å². The van der Waals surface area contributed by atoms with Crippen LogP contribution in [0.5, 0.6) is 0 Å². The molecule has 14 unspecified atom stereocenters. The number of ketones is 1. The van der Waals surface area contributed by atoms with E-state index in [1.807, 2.05) is 46.7 Å². The highest BCUT2D eigenvalue weighted by molar-refractivity contribution is 5.91. The van der Waals surface area contributed by atoms with Gasteiger partial charge in [-0.3, -0.25) is 9.59 Å². The van der Waals surface area contributed by atoms with Crippen LogP contribution in [0, 0.1) is 23.7 Å². The van der Waals surface area contributed by atoms with Crippen LogP contribution in [0.25, 0.3) is 0 Å². The van der Waals surface area contributed by atoms with Crippen LogP contribution in [0.3, 0.4) is 0 Å². The zero-order chi connectivity index (χ0) is 37.1. The first-order valence-corrected chi connectivity index (χ1v) is 18.4. The predicted octanol–water partition coefficient (Wildman–Crippen LogP) is 2.55. The quantitative estimate of drug-likeness (QED) is 0.191. The largest absolute Gasteiger partial charge is 0.462 e. The average molecular weight is 712 g/mol. The van der Waals surface area contributed by atoms with Gasteiger partial charge in [0, 0.05) is 30.6 Å². The number of likely N-dealkylation sites (N-methyl/N-ethyl adjacent to an activating group) is 1. The summed E-state index contributed by atoms with van der Waals surface area (Å²) >= 11 is 0. The third-order valence-corrected chi connectivity index (χ3v) is 11.3. The van der Waals surface area contributed by atoms with Crippen LogP contribution < -0.4 is 0 Å². The topological polar surface area (TPSA) is 174 Å². The van der Waals surface area contributed by atoms with Gasteiger partial charge in [0.25, 0.3) is 0 Å². The summed E-state index contributed by atoms with van der Waals surface area (Å²) < 4.78 is 37.0. The molecule has 13 nitrogen and oxygen atoms in total. The highest BCUT2D eigenvalue weighted by Crippen LogP contribution is 2.45. The molecule has 0 aromatic heterocycles. The van der Waals surface area contributed by atoms with Crippen LogP contribution in [0.4, 0.5) is 0 Å². The Morgan fingerprint density at radius 1 is 0.960 bits per heavy atom. The van der Waals surface area contributed by atoms with E-state index in [0.29, 0.717) is 19.3 Å². The summed E-state index contributed by atoms with van der Waals surface area (Å²) in [5, 5.41) is 33.4. The number of carbonyl (C=O) groups excluding carboxylic acids is 3. The first kappa shape index (κ1) is 41.0. The van der Waals surface area contributed by atoms with E-state index in [1.54, 1.807) is 26.8 Å². The molecule has 0 spiro atoms. The molecule has 0 aliphatic carbocycles. The van der Waals surface area contributed by atoms with Crippen molar-refractivity contribution in [3.8, 4) is 0 Å². The molecule has 3 N–H and O–H groups in total. The SMILES string of the molecule is CCC1OC(=O)CC(O)C(C)C(OC2OC(C)C(O[C@@H]3CC[C@@H](O)[C@H](C)O3)C(N(C)C)C2O)C(CC=O)CC(C)C(=O)/C=C/C2(C)OC2C1C. The van der Waals surface area contributed by atoms with Gasteiger partial charge >= 0.3 is 5.97 Å². The van der Waals surface area contributed by atoms with Crippen molar-refractivity contribution in [2.75, 3.05) is 14.1 Å². The summed E-state index contributed by atoms with van der Waals surface area (Å²) in [7, 11) is 3.63. The summed E-state index contributed by atoms with van der Waals surface area (Å²) in [5.41, 5.74) is -0.675. The molecule has 50 heavy (non-hydrogen) atoms. The molecule has 0 saturated carbocycles. The molecule has 4 aliphatic rings. The number of epoxide rings is 1. The van der Waals surface area contributed by atoms with Gasteiger partial charge in [0.15, 0.2) is 18.4 Å². The van der Waals surface area contributed by atoms with Gasteiger partial charge in [0.05, 0.1) is 49.1 Å². The number of rotatable bonds is 8. The average Bonchev–Trinajstić information content (AvgIpc) is 3.74. The van der Waals surface area contributed by atoms with Gasteiger partial charge in [0.2, 0.25) is 0 Å². The lowest BCUT2D eigenvalue weighted by atomic mass is 9.79. The number of cyclic esters (lactones) is 1. The number of aliphatic hydroxyl groups excluding tert-OH is 3. The summed E-state index contributed by atoms with van der Waals surface area (Å²) in [6.45, 7) is 12.9. The number of allylic oxidation sites excluding steroid dienone is 1. The molecule has 17 atom stereocenters. The molecule has 3 saturated heterocycles. The first-order chi connectivity index (χ1) is 23.5. The highest BCUT2D eigenvalue weighted by Gasteiger charge is 2.55. The van der Waals surface area contributed by atoms with Gasteiger partial charge in [-0.25, -0.2) is 0 Å². The van der Waals surface area contributed by atoms with Gasteiger partial charge in [-0.05, 0) is 72.2 Å². The van der Waals surface area contributed by atoms with E-state index in [-0.39, 0.29) is 37.1 Å². The molecule has 4 rings (SSSR count). The van der Waals surface area contributed by atoms with Crippen LogP contribution >= 0.6 is 0 Å². The molecular formula is C37H61NO12. The summed E-state index contributed by atoms with van der Waals surface area (Å²) in [5.74, 6) is -2.66. The molecular weight excluding hydrogens is 650 g/mol.